The van der Waals surface area contributed by atoms with E-state index in [1.807, 2.05) is 0 Å². The fraction of sp³-hybridized carbons (Fsp3) is 0.538. The van der Waals surface area contributed by atoms with E-state index in [2.05, 4.69) is 15.7 Å². The van der Waals surface area contributed by atoms with Crippen LogP contribution in [0.4, 0.5) is 5.69 Å². The third kappa shape index (κ3) is 3.59. The monoisotopic (exact) mass is 294 g/mol. The molecule has 114 valence electrons. The van der Waals surface area contributed by atoms with Crippen molar-refractivity contribution in [2.45, 2.75) is 25.8 Å². The molecule has 2 amide bonds. The number of carbonyl (C=O) groups is 3. The molecule has 1 aromatic rings. The van der Waals surface area contributed by atoms with Gasteiger partial charge in [-0.1, -0.05) is 6.42 Å². The van der Waals surface area contributed by atoms with Gasteiger partial charge >= 0.3 is 5.97 Å². The first-order chi connectivity index (χ1) is 10.0. The first kappa shape index (κ1) is 15.0. The van der Waals surface area contributed by atoms with E-state index < -0.39 is 17.8 Å². The molecule has 2 atom stereocenters. The zero-order chi connectivity index (χ0) is 15.4. The highest BCUT2D eigenvalue weighted by atomic mass is 16.4. The molecule has 0 saturated heterocycles. The highest BCUT2D eigenvalue weighted by molar-refractivity contribution is 5.95. The van der Waals surface area contributed by atoms with E-state index in [4.69, 9.17) is 5.11 Å². The number of likely N-dealkylation sites (N-methyl/N-ethyl adjacent to an activating group) is 1. The van der Waals surface area contributed by atoms with Crippen molar-refractivity contribution >= 4 is 23.5 Å². The standard InChI is InChI=1S/C13H18N4O4/c1-14-11(18)7-17-6-8(5-15-17)16-12(19)9-3-2-4-10(9)13(20)21/h5-6,9-10H,2-4,7H2,1H3,(H,14,18)(H,16,19)(H,20,21)/t9-,10+/m1/s1. The normalized spacial score (nSPS) is 21.0. The van der Waals surface area contributed by atoms with Crippen LogP contribution in [0.15, 0.2) is 12.4 Å². The number of rotatable bonds is 5. The first-order valence-corrected chi connectivity index (χ1v) is 6.78. The summed E-state index contributed by atoms with van der Waals surface area (Å²) in [6.45, 7) is 0.0630. The lowest BCUT2D eigenvalue weighted by molar-refractivity contribution is -0.145. The van der Waals surface area contributed by atoms with Crippen molar-refractivity contribution in [3.05, 3.63) is 12.4 Å². The Kier molecular flexibility index (Phi) is 4.56. The molecule has 1 fully saturated rings. The average molecular weight is 294 g/mol. The summed E-state index contributed by atoms with van der Waals surface area (Å²) in [7, 11) is 1.53. The number of hydrogen-bond donors (Lipinski definition) is 3. The third-order valence-electron chi connectivity index (χ3n) is 3.66. The van der Waals surface area contributed by atoms with Crippen LogP contribution in [0.1, 0.15) is 19.3 Å². The second-order valence-corrected chi connectivity index (χ2v) is 5.07. The Hall–Kier alpha value is -2.38. The van der Waals surface area contributed by atoms with Crippen molar-refractivity contribution in [1.82, 2.24) is 15.1 Å². The number of carbonyl (C=O) groups excluding carboxylic acids is 2. The zero-order valence-corrected chi connectivity index (χ0v) is 11.7. The first-order valence-electron chi connectivity index (χ1n) is 6.78. The zero-order valence-electron chi connectivity index (χ0n) is 11.7. The van der Waals surface area contributed by atoms with E-state index in [-0.39, 0.29) is 18.4 Å². The number of carboxylic acid groups (broad SMARTS) is 1. The summed E-state index contributed by atoms with van der Waals surface area (Å²) >= 11 is 0. The van der Waals surface area contributed by atoms with Crippen LogP contribution < -0.4 is 10.6 Å². The third-order valence-corrected chi connectivity index (χ3v) is 3.66. The highest BCUT2D eigenvalue weighted by Gasteiger charge is 2.37. The highest BCUT2D eigenvalue weighted by Crippen LogP contribution is 2.32. The van der Waals surface area contributed by atoms with Gasteiger partial charge in [0.15, 0.2) is 0 Å². The van der Waals surface area contributed by atoms with Crippen LogP contribution in [0.2, 0.25) is 0 Å². The summed E-state index contributed by atoms with van der Waals surface area (Å²) in [4.78, 5) is 34.4. The Morgan fingerprint density at radius 3 is 2.76 bits per heavy atom. The Morgan fingerprint density at radius 2 is 2.10 bits per heavy atom. The van der Waals surface area contributed by atoms with Gasteiger partial charge in [0.1, 0.15) is 6.54 Å². The minimum atomic E-state index is -0.928. The number of hydrogen-bond acceptors (Lipinski definition) is 4. The Bertz CT molecular complexity index is 554. The maximum Gasteiger partial charge on any atom is 0.307 e. The minimum absolute atomic E-state index is 0.0630. The number of anilines is 1. The summed E-state index contributed by atoms with van der Waals surface area (Å²) in [6.07, 6.45) is 4.83. The van der Waals surface area contributed by atoms with E-state index in [1.165, 1.54) is 24.1 Å². The van der Waals surface area contributed by atoms with Gasteiger partial charge in [0.05, 0.1) is 23.7 Å². The lowest BCUT2D eigenvalue weighted by Gasteiger charge is -2.14. The smallest absolute Gasteiger partial charge is 0.307 e. The molecular formula is C13H18N4O4. The van der Waals surface area contributed by atoms with Gasteiger partial charge in [0.2, 0.25) is 11.8 Å². The Balaban J connectivity index is 1.96. The summed E-state index contributed by atoms with van der Waals surface area (Å²) in [5, 5.41) is 18.2. The molecule has 0 bridgehead atoms. The van der Waals surface area contributed by atoms with Crippen molar-refractivity contribution in [3.8, 4) is 0 Å². The molecule has 2 rings (SSSR count). The van der Waals surface area contributed by atoms with Gasteiger partial charge in [-0.05, 0) is 12.8 Å². The predicted molar refractivity (Wildman–Crippen MR) is 73.4 cm³/mol. The van der Waals surface area contributed by atoms with Crippen LogP contribution in [0.5, 0.6) is 0 Å². The molecule has 3 N–H and O–H groups in total. The second-order valence-electron chi connectivity index (χ2n) is 5.07. The van der Waals surface area contributed by atoms with E-state index in [0.29, 0.717) is 18.5 Å². The molecule has 0 aromatic carbocycles. The van der Waals surface area contributed by atoms with Crippen molar-refractivity contribution in [1.29, 1.82) is 0 Å². The van der Waals surface area contributed by atoms with E-state index in [1.54, 1.807) is 0 Å². The van der Waals surface area contributed by atoms with E-state index in [9.17, 15) is 14.4 Å². The lowest BCUT2D eigenvalue weighted by Crippen LogP contribution is -2.29. The number of aromatic nitrogens is 2. The fourth-order valence-corrected chi connectivity index (χ4v) is 2.55. The fourth-order valence-electron chi connectivity index (χ4n) is 2.55. The van der Waals surface area contributed by atoms with Gasteiger partial charge in [-0.3, -0.25) is 19.1 Å². The van der Waals surface area contributed by atoms with Gasteiger partial charge in [-0.2, -0.15) is 5.10 Å². The molecule has 1 heterocycles. The molecule has 1 aliphatic rings. The number of nitrogens with zero attached hydrogens (tertiary/aromatic N) is 2. The van der Waals surface area contributed by atoms with E-state index >= 15 is 0 Å². The van der Waals surface area contributed by atoms with E-state index in [0.717, 1.165) is 6.42 Å². The topological polar surface area (TPSA) is 113 Å². The Morgan fingerprint density at radius 1 is 1.38 bits per heavy atom. The van der Waals surface area contributed by atoms with Crippen LogP contribution in [-0.4, -0.2) is 39.7 Å². The maximum absolute atomic E-state index is 12.1. The van der Waals surface area contributed by atoms with Crippen LogP contribution in [0, 0.1) is 11.8 Å². The molecule has 1 aromatic heterocycles. The minimum Gasteiger partial charge on any atom is -0.481 e. The summed E-state index contributed by atoms with van der Waals surface area (Å²) in [6, 6.07) is 0. The molecule has 0 radical (unpaired) electrons. The quantitative estimate of drug-likeness (QED) is 0.711. The van der Waals surface area contributed by atoms with Gasteiger partial charge in [0.25, 0.3) is 0 Å². The Labute approximate surface area is 121 Å². The molecular weight excluding hydrogens is 276 g/mol. The summed E-state index contributed by atoms with van der Waals surface area (Å²) < 4.78 is 1.40. The molecule has 8 nitrogen and oxygen atoms in total. The van der Waals surface area contributed by atoms with Gasteiger partial charge in [-0.25, -0.2) is 0 Å². The van der Waals surface area contributed by atoms with Crippen LogP contribution in [0.25, 0.3) is 0 Å². The molecule has 1 aliphatic carbocycles. The van der Waals surface area contributed by atoms with Gasteiger partial charge < -0.3 is 15.7 Å². The van der Waals surface area contributed by atoms with Gasteiger partial charge in [0, 0.05) is 13.2 Å². The number of aliphatic carboxylic acids is 1. The largest absolute Gasteiger partial charge is 0.481 e. The van der Waals surface area contributed by atoms with Crippen molar-refractivity contribution < 1.29 is 19.5 Å². The van der Waals surface area contributed by atoms with Crippen molar-refractivity contribution in [3.63, 3.8) is 0 Å². The summed E-state index contributed by atoms with van der Waals surface area (Å²) in [5.41, 5.74) is 0.458. The second kappa shape index (κ2) is 6.38. The molecule has 0 unspecified atom stereocenters. The molecule has 0 spiro atoms. The van der Waals surface area contributed by atoms with Gasteiger partial charge in [-0.15, -0.1) is 0 Å². The summed E-state index contributed by atoms with van der Waals surface area (Å²) in [5.74, 6) is -2.56. The van der Waals surface area contributed by atoms with Crippen LogP contribution >= 0.6 is 0 Å². The van der Waals surface area contributed by atoms with Crippen LogP contribution in [-0.2, 0) is 20.9 Å². The number of amides is 2. The van der Waals surface area contributed by atoms with Crippen molar-refractivity contribution in [2.75, 3.05) is 12.4 Å². The predicted octanol–water partition coefficient (Wildman–Crippen LogP) is 0.0685. The SMILES string of the molecule is CNC(=O)Cn1cc(NC(=O)[C@@H]2CCC[C@@H]2C(=O)O)cn1. The average Bonchev–Trinajstić information content (AvgIpc) is 3.07. The lowest BCUT2D eigenvalue weighted by atomic mass is 9.95. The maximum atomic E-state index is 12.1. The molecule has 8 heteroatoms. The van der Waals surface area contributed by atoms with Crippen LogP contribution in [0.3, 0.4) is 0 Å². The molecule has 0 aliphatic heterocycles. The molecule has 21 heavy (non-hydrogen) atoms. The number of nitrogens with one attached hydrogen (secondary N) is 2. The molecule has 1 saturated carbocycles. The number of carboxylic acids is 1. The van der Waals surface area contributed by atoms with Crippen molar-refractivity contribution in [2.24, 2.45) is 11.8 Å².